The van der Waals surface area contributed by atoms with Gasteiger partial charge in [0.05, 0.1) is 12.0 Å². The Hall–Kier alpha value is -2.66. The summed E-state index contributed by atoms with van der Waals surface area (Å²) in [6.07, 6.45) is 5.41. The van der Waals surface area contributed by atoms with E-state index < -0.39 is 0 Å². The van der Waals surface area contributed by atoms with Gasteiger partial charge in [-0.2, -0.15) is 0 Å². The van der Waals surface area contributed by atoms with E-state index in [1.54, 1.807) is 0 Å². The third-order valence-electron chi connectivity index (χ3n) is 7.89. The van der Waals surface area contributed by atoms with Gasteiger partial charge in [-0.15, -0.1) is 0 Å². The molecule has 2 fully saturated rings. The Morgan fingerprint density at radius 2 is 1.51 bits per heavy atom. The van der Waals surface area contributed by atoms with E-state index in [0.717, 1.165) is 43.6 Å². The normalized spacial score (nSPS) is 19.0. The molecule has 2 atom stereocenters. The number of anilines is 1. The van der Waals surface area contributed by atoms with Gasteiger partial charge in [0.2, 0.25) is 11.8 Å². The van der Waals surface area contributed by atoms with Gasteiger partial charge in [0.15, 0.2) is 0 Å². The van der Waals surface area contributed by atoms with Crippen molar-refractivity contribution in [3.63, 3.8) is 0 Å². The molecule has 4 rings (SSSR count). The van der Waals surface area contributed by atoms with Crippen LogP contribution < -0.4 is 5.32 Å². The summed E-state index contributed by atoms with van der Waals surface area (Å²) in [5.41, 5.74) is 3.23. The summed E-state index contributed by atoms with van der Waals surface area (Å²) in [4.78, 5) is 31.2. The lowest BCUT2D eigenvalue weighted by atomic mass is 9.93. The number of hydrogen-bond acceptors (Lipinski definition) is 3. The molecule has 1 saturated carbocycles. The summed E-state index contributed by atoms with van der Waals surface area (Å²) in [5, 5.41) is 3.20. The highest BCUT2D eigenvalue weighted by Gasteiger charge is 2.38. The number of amides is 2. The van der Waals surface area contributed by atoms with Crippen molar-refractivity contribution >= 4 is 17.5 Å². The minimum absolute atomic E-state index is 0.0921. The summed E-state index contributed by atoms with van der Waals surface area (Å²) >= 11 is 0. The van der Waals surface area contributed by atoms with Gasteiger partial charge in [-0.3, -0.25) is 14.5 Å². The Bertz CT molecular complexity index is 959. The van der Waals surface area contributed by atoms with Crippen LogP contribution in [-0.4, -0.2) is 53.8 Å². The van der Waals surface area contributed by atoms with Crippen molar-refractivity contribution in [2.24, 2.45) is 5.92 Å². The number of nitrogens with one attached hydrogen (secondary N) is 1. The van der Waals surface area contributed by atoms with Crippen LogP contribution >= 0.6 is 0 Å². The van der Waals surface area contributed by atoms with Crippen LogP contribution in [0.5, 0.6) is 0 Å². The highest BCUT2D eigenvalue weighted by Crippen LogP contribution is 2.32. The maximum absolute atomic E-state index is 13.5. The number of nitrogens with zero attached hydrogens (tertiary/aromatic N) is 2. The van der Waals surface area contributed by atoms with Crippen molar-refractivity contribution in [3.05, 3.63) is 65.7 Å². The Morgan fingerprint density at radius 3 is 2.09 bits per heavy atom. The Morgan fingerprint density at radius 1 is 0.886 bits per heavy atom. The van der Waals surface area contributed by atoms with Crippen LogP contribution in [0.25, 0.3) is 0 Å². The Balaban J connectivity index is 1.41. The molecule has 0 bridgehead atoms. The van der Waals surface area contributed by atoms with Crippen LogP contribution in [0.4, 0.5) is 5.69 Å². The molecule has 1 saturated heterocycles. The van der Waals surface area contributed by atoms with Crippen molar-refractivity contribution in [2.75, 3.05) is 31.5 Å². The average Bonchev–Trinajstić information content (AvgIpc) is 3.40. The fourth-order valence-electron chi connectivity index (χ4n) is 5.80. The smallest absolute Gasteiger partial charge is 0.242 e. The van der Waals surface area contributed by atoms with E-state index in [0.29, 0.717) is 24.9 Å². The minimum atomic E-state index is -0.129. The van der Waals surface area contributed by atoms with Crippen molar-refractivity contribution < 1.29 is 9.59 Å². The molecule has 2 aliphatic rings. The molecule has 2 amide bonds. The van der Waals surface area contributed by atoms with Crippen molar-refractivity contribution in [1.82, 2.24) is 9.80 Å². The molecule has 1 aliphatic heterocycles. The van der Waals surface area contributed by atoms with E-state index in [1.165, 1.54) is 18.4 Å². The SMILES string of the molecule is CC[C@@H](C(=O)N1CCN([C@@H](C(=O)Nc2ccc(C(C)C)cc2)C2CCCC2)CC1)c1ccccc1. The molecular formula is C30H41N3O2. The summed E-state index contributed by atoms with van der Waals surface area (Å²) in [7, 11) is 0. The Kier molecular flexibility index (Phi) is 8.61. The van der Waals surface area contributed by atoms with Crippen LogP contribution in [-0.2, 0) is 9.59 Å². The summed E-state index contributed by atoms with van der Waals surface area (Å²) in [6, 6.07) is 18.2. The predicted molar refractivity (Wildman–Crippen MR) is 143 cm³/mol. The van der Waals surface area contributed by atoms with Gasteiger partial charge in [0.1, 0.15) is 0 Å². The summed E-state index contributed by atoms with van der Waals surface area (Å²) < 4.78 is 0. The lowest BCUT2D eigenvalue weighted by molar-refractivity contribution is -0.136. The average molecular weight is 476 g/mol. The standard InChI is InChI=1S/C30H41N3O2/c1-4-27(24-10-6-5-7-11-24)30(35)33-20-18-32(19-21-33)28(25-12-8-9-13-25)29(34)31-26-16-14-23(15-17-26)22(2)3/h5-7,10-11,14-17,22,25,27-28H,4,8-9,12-13,18-21H2,1-3H3,(H,31,34)/t27-,28-/m1/s1. The second-order valence-corrected chi connectivity index (χ2v) is 10.5. The molecule has 188 valence electrons. The molecule has 2 aromatic rings. The lowest BCUT2D eigenvalue weighted by Crippen LogP contribution is -2.57. The molecule has 1 N–H and O–H groups in total. The maximum atomic E-state index is 13.5. The quantitative estimate of drug-likeness (QED) is 0.537. The zero-order valence-electron chi connectivity index (χ0n) is 21.6. The third-order valence-corrected chi connectivity index (χ3v) is 7.89. The van der Waals surface area contributed by atoms with Crippen LogP contribution in [0.2, 0.25) is 0 Å². The second-order valence-electron chi connectivity index (χ2n) is 10.5. The number of benzene rings is 2. The lowest BCUT2D eigenvalue weighted by Gasteiger charge is -2.41. The fraction of sp³-hybridized carbons (Fsp3) is 0.533. The largest absolute Gasteiger partial charge is 0.340 e. The number of carbonyl (C=O) groups is 2. The molecule has 0 aromatic heterocycles. The highest BCUT2D eigenvalue weighted by molar-refractivity contribution is 5.95. The zero-order valence-corrected chi connectivity index (χ0v) is 21.6. The fourth-order valence-corrected chi connectivity index (χ4v) is 5.80. The van der Waals surface area contributed by atoms with E-state index in [1.807, 2.05) is 35.2 Å². The molecule has 2 aromatic carbocycles. The van der Waals surface area contributed by atoms with Crippen LogP contribution in [0, 0.1) is 5.92 Å². The van der Waals surface area contributed by atoms with Crippen LogP contribution in [0.3, 0.4) is 0 Å². The first-order valence-electron chi connectivity index (χ1n) is 13.5. The molecule has 1 heterocycles. The van der Waals surface area contributed by atoms with Gasteiger partial charge in [-0.25, -0.2) is 0 Å². The molecule has 5 heteroatoms. The minimum Gasteiger partial charge on any atom is -0.340 e. The van der Waals surface area contributed by atoms with Gasteiger partial charge in [0.25, 0.3) is 0 Å². The number of piperazine rings is 1. The van der Waals surface area contributed by atoms with Crippen molar-refractivity contribution in [1.29, 1.82) is 0 Å². The van der Waals surface area contributed by atoms with Gasteiger partial charge in [-0.05, 0) is 54.4 Å². The first-order valence-corrected chi connectivity index (χ1v) is 13.5. The van der Waals surface area contributed by atoms with E-state index in [4.69, 9.17) is 0 Å². The first kappa shape index (κ1) is 25.4. The first-order chi connectivity index (χ1) is 17.0. The maximum Gasteiger partial charge on any atom is 0.242 e. The molecule has 5 nitrogen and oxygen atoms in total. The van der Waals surface area contributed by atoms with E-state index in [-0.39, 0.29) is 23.8 Å². The monoisotopic (exact) mass is 475 g/mol. The molecule has 0 spiro atoms. The van der Waals surface area contributed by atoms with Crippen molar-refractivity contribution in [2.45, 2.75) is 70.8 Å². The molecule has 1 aliphatic carbocycles. The van der Waals surface area contributed by atoms with Gasteiger partial charge in [0, 0.05) is 31.9 Å². The Labute approximate surface area is 210 Å². The van der Waals surface area contributed by atoms with Crippen LogP contribution in [0.1, 0.15) is 75.8 Å². The molecular weight excluding hydrogens is 434 g/mol. The van der Waals surface area contributed by atoms with E-state index >= 15 is 0 Å². The number of hydrogen-bond donors (Lipinski definition) is 1. The van der Waals surface area contributed by atoms with Gasteiger partial charge >= 0.3 is 0 Å². The van der Waals surface area contributed by atoms with Gasteiger partial charge in [-0.1, -0.05) is 76.1 Å². The van der Waals surface area contributed by atoms with E-state index in [9.17, 15) is 9.59 Å². The zero-order chi connectivity index (χ0) is 24.8. The molecule has 0 unspecified atom stereocenters. The number of carbonyl (C=O) groups excluding carboxylic acids is 2. The van der Waals surface area contributed by atoms with Crippen molar-refractivity contribution in [3.8, 4) is 0 Å². The third kappa shape index (κ3) is 6.13. The highest BCUT2D eigenvalue weighted by atomic mass is 16.2. The van der Waals surface area contributed by atoms with E-state index in [2.05, 4.69) is 55.3 Å². The number of rotatable bonds is 8. The van der Waals surface area contributed by atoms with Gasteiger partial charge < -0.3 is 10.2 Å². The topological polar surface area (TPSA) is 52.7 Å². The second kappa shape index (κ2) is 11.9. The molecule has 35 heavy (non-hydrogen) atoms. The predicted octanol–water partition coefficient (Wildman–Crippen LogP) is 5.65. The molecule has 0 radical (unpaired) electrons. The van der Waals surface area contributed by atoms with Crippen LogP contribution in [0.15, 0.2) is 54.6 Å². The summed E-state index contributed by atoms with van der Waals surface area (Å²) in [5.74, 6) is 1.08. The summed E-state index contributed by atoms with van der Waals surface area (Å²) in [6.45, 7) is 9.30.